The van der Waals surface area contributed by atoms with E-state index in [1.807, 2.05) is 25.2 Å². The molecule has 3 nitrogen and oxygen atoms in total. The molecule has 2 aromatic rings. The Kier molecular flexibility index (Phi) is 2.36. The van der Waals surface area contributed by atoms with Gasteiger partial charge in [0.1, 0.15) is 0 Å². The van der Waals surface area contributed by atoms with Gasteiger partial charge in [-0.25, -0.2) is 0 Å². The quantitative estimate of drug-likeness (QED) is 0.440. The molecule has 0 saturated carbocycles. The van der Waals surface area contributed by atoms with E-state index in [4.69, 9.17) is 11.5 Å². The molecule has 0 aliphatic rings. The first-order chi connectivity index (χ1) is 7.13. The molecule has 0 saturated heterocycles. The van der Waals surface area contributed by atoms with Crippen molar-refractivity contribution in [2.24, 2.45) is 0 Å². The number of thiol groups is 1. The highest BCUT2D eigenvalue weighted by molar-refractivity contribution is 7.80. The molecule has 0 amide bonds. The van der Waals surface area contributed by atoms with Crippen LogP contribution in [0.5, 0.6) is 0 Å². The average molecular weight is 219 g/mol. The Labute approximate surface area is 93.9 Å². The van der Waals surface area contributed by atoms with Gasteiger partial charge in [-0.05, 0) is 23.6 Å². The standard InChI is InChI=1S/C11H13N3S/c1-14-6-2-3-7-8(4-6)11(13)9(12)5-10(7)15/h2-5,14-15H,12-13H2,1H3. The highest BCUT2D eigenvalue weighted by atomic mass is 32.1. The molecule has 0 heterocycles. The fourth-order valence-corrected chi connectivity index (χ4v) is 1.94. The third-order valence-corrected chi connectivity index (χ3v) is 2.85. The van der Waals surface area contributed by atoms with Crippen LogP contribution >= 0.6 is 12.6 Å². The Balaban J connectivity index is 2.85. The van der Waals surface area contributed by atoms with Gasteiger partial charge in [0.2, 0.25) is 0 Å². The van der Waals surface area contributed by atoms with Gasteiger partial charge in [-0.15, -0.1) is 12.6 Å². The zero-order valence-electron chi connectivity index (χ0n) is 8.41. The predicted octanol–water partition coefficient (Wildman–Crippen LogP) is 2.33. The van der Waals surface area contributed by atoms with Crippen LogP contribution in [0.1, 0.15) is 0 Å². The van der Waals surface area contributed by atoms with Crippen LogP contribution in [0.15, 0.2) is 29.2 Å². The van der Waals surface area contributed by atoms with Crippen molar-refractivity contribution in [3.8, 4) is 0 Å². The van der Waals surface area contributed by atoms with E-state index in [0.717, 1.165) is 21.4 Å². The molecular formula is C11H13N3S. The third kappa shape index (κ3) is 1.57. The molecule has 0 aliphatic carbocycles. The molecule has 0 unspecified atom stereocenters. The molecular weight excluding hydrogens is 206 g/mol. The van der Waals surface area contributed by atoms with Crippen molar-refractivity contribution in [3.05, 3.63) is 24.3 Å². The lowest BCUT2D eigenvalue weighted by Crippen LogP contribution is -1.97. The molecule has 0 spiro atoms. The summed E-state index contributed by atoms with van der Waals surface area (Å²) in [5, 5.41) is 5.02. The fraction of sp³-hybridized carbons (Fsp3) is 0.0909. The first-order valence-electron chi connectivity index (χ1n) is 4.62. The molecule has 15 heavy (non-hydrogen) atoms. The molecule has 0 atom stereocenters. The van der Waals surface area contributed by atoms with Crippen molar-refractivity contribution in [2.45, 2.75) is 4.90 Å². The molecule has 0 fully saturated rings. The minimum absolute atomic E-state index is 0.570. The summed E-state index contributed by atoms with van der Waals surface area (Å²) in [6, 6.07) is 7.72. The van der Waals surface area contributed by atoms with Crippen LogP contribution < -0.4 is 16.8 Å². The molecule has 2 rings (SSSR count). The van der Waals surface area contributed by atoms with E-state index in [-0.39, 0.29) is 0 Å². The summed E-state index contributed by atoms with van der Waals surface area (Å²) < 4.78 is 0. The van der Waals surface area contributed by atoms with Crippen molar-refractivity contribution >= 4 is 40.5 Å². The monoisotopic (exact) mass is 219 g/mol. The first kappa shape index (κ1) is 9.98. The van der Waals surface area contributed by atoms with Crippen LogP contribution in [0.4, 0.5) is 17.1 Å². The minimum atomic E-state index is 0.570. The van der Waals surface area contributed by atoms with Crippen LogP contribution in [0.3, 0.4) is 0 Å². The lowest BCUT2D eigenvalue weighted by Gasteiger charge is -2.10. The number of hydrogen-bond donors (Lipinski definition) is 4. The van der Waals surface area contributed by atoms with Crippen molar-refractivity contribution in [2.75, 3.05) is 23.8 Å². The van der Waals surface area contributed by atoms with Gasteiger partial charge in [0.25, 0.3) is 0 Å². The molecule has 0 aliphatic heterocycles. The second-order valence-electron chi connectivity index (χ2n) is 3.41. The number of hydrogen-bond acceptors (Lipinski definition) is 4. The molecule has 0 bridgehead atoms. The number of anilines is 3. The molecule has 0 radical (unpaired) electrons. The van der Waals surface area contributed by atoms with Crippen molar-refractivity contribution in [1.82, 2.24) is 0 Å². The molecule has 5 N–H and O–H groups in total. The maximum absolute atomic E-state index is 5.92. The molecule has 2 aromatic carbocycles. The Morgan fingerprint density at radius 2 is 1.87 bits per heavy atom. The number of rotatable bonds is 1. The van der Waals surface area contributed by atoms with E-state index in [1.165, 1.54) is 0 Å². The van der Waals surface area contributed by atoms with Crippen LogP contribution in [0.25, 0.3) is 10.8 Å². The van der Waals surface area contributed by atoms with E-state index in [1.54, 1.807) is 6.07 Å². The third-order valence-electron chi connectivity index (χ3n) is 2.48. The number of nitrogens with one attached hydrogen (secondary N) is 1. The SMILES string of the molecule is CNc1ccc2c(S)cc(N)c(N)c2c1. The van der Waals surface area contributed by atoms with E-state index in [9.17, 15) is 0 Å². The maximum Gasteiger partial charge on any atom is 0.0629 e. The number of benzene rings is 2. The van der Waals surface area contributed by atoms with E-state index in [0.29, 0.717) is 11.4 Å². The Morgan fingerprint density at radius 1 is 1.13 bits per heavy atom. The summed E-state index contributed by atoms with van der Waals surface area (Å²) in [4.78, 5) is 0.847. The van der Waals surface area contributed by atoms with E-state index >= 15 is 0 Å². The number of fused-ring (bicyclic) bond motifs is 1. The van der Waals surface area contributed by atoms with Gasteiger partial charge in [0.05, 0.1) is 11.4 Å². The average Bonchev–Trinajstić information content (AvgIpc) is 2.25. The molecule has 78 valence electrons. The highest BCUT2D eigenvalue weighted by Gasteiger charge is 2.06. The summed E-state index contributed by atoms with van der Waals surface area (Å²) >= 11 is 4.37. The normalized spacial score (nSPS) is 10.5. The van der Waals surface area contributed by atoms with E-state index < -0.39 is 0 Å². The second-order valence-corrected chi connectivity index (χ2v) is 3.89. The Morgan fingerprint density at radius 3 is 2.53 bits per heavy atom. The lowest BCUT2D eigenvalue weighted by molar-refractivity contribution is 1.50. The van der Waals surface area contributed by atoms with Crippen LogP contribution in [0.2, 0.25) is 0 Å². The Hall–Kier alpha value is -1.55. The molecule has 4 heteroatoms. The van der Waals surface area contributed by atoms with Gasteiger partial charge in [0.15, 0.2) is 0 Å². The summed E-state index contributed by atoms with van der Waals surface area (Å²) in [6.45, 7) is 0. The van der Waals surface area contributed by atoms with Gasteiger partial charge in [-0.1, -0.05) is 6.07 Å². The zero-order valence-corrected chi connectivity index (χ0v) is 9.31. The Bertz CT molecular complexity index is 523. The van der Waals surface area contributed by atoms with Gasteiger partial charge in [-0.3, -0.25) is 0 Å². The topological polar surface area (TPSA) is 64.1 Å². The molecule has 0 aromatic heterocycles. The smallest absolute Gasteiger partial charge is 0.0629 e. The van der Waals surface area contributed by atoms with E-state index in [2.05, 4.69) is 17.9 Å². The van der Waals surface area contributed by atoms with Crippen LogP contribution in [-0.2, 0) is 0 Å². The maximum atomic E-state index is 5.92. The van der Waals surface area contributed by atoms with Gasteiger partial charge in [0, 0.05) is 23.0 Å². The summed E-state index contributed by atoms with van der Waals surface area (Å²) in [5.41, 5.74) is 13.9. The van der Waals surface area contributed by atoms with Crippen molar-refractivity contribution in [1.29, 1.82) is 0 Å². The van der Waals surface area contributed by atoms with Crippen molar-refractivity contribution < 1.29 is 0 Å². The largest absolute Gasteiger partial charge is 0.397 e. The minimum Gasteiger partial charge on any atom is -0.397 e. The van der Waals surface area contributed by atoms with Gasteiger partial charge in [-0.2, -0.15) is 0 Å². The van der Waals surface area contributed by atoms with Gasteiger partial charge >= 0.3 is 0 Å². The second kappa shape index (κ2) is 3.55. The fourth-order valence-electron chi connectivity index (χ4n) is 1.60. The van der Waals surface area contributed by atoms with Gasteiger partial charge < -0.3 is 16.8 Å². The zero-order chi connectivity index (χ0) is 11.0. The predicted molar refractivity (Wildman–Crippen MR) is 69.6 cm³/mol. The number of nitrogens with two attached hydrogens (primary N) is 2. The lowest BCUT2D eigenvalue weighted by atomic mass is 10.1. The van der Waals surface area contributed by atoms with Crippen LogP contribution in [0, 0.1) is 0 Å². The number of nitrogen functional groups attached to an aromatic ring is 2. The highest BCUT2D eigenvalue weighted by Crippen LogP contribution is 2.33. The first-order valence-corrected chi connectivity index (χ1v) is 5.06. The summed E-state index contributed by atoms with van der Waals surface area (Å²) in [7, 11) is 1.87. The summed E-state index contributed by atoms with van der Waals surface area (Å²) in [6.07, 6.45) is 0. The van der Waals surface area contributed by atoms with Crippen molar-refractivity contribution in [3.63, 3.8) is 0 Å². The summed E-state index contributed by atoms with van der Waals surface area (Å²) in [5.74, 6) is 0. The van der Waals surface area contributed by atoms with Crippen LogP contribution in [-0.4, -0.2) is 7.05 Å².